The molecule has 2 aromatic rings. The van der Waals surface area contributed by atoms with E-state index < -0.39 is 6.03 Å². The second-order valence-electron chi connectivity index (χ2n) is 10.0. The first-order valence-electron chi connectivity index (χ1n) is 12.9. The number of hydrogen-bond acceptors (Lipinski definition) is 5. The molecule has 0 radical (unpaired) electrons. The number of hydrogen-bond donors (Lipinski definition) is 2. The zero-order chi connectivity index (χ0) is 25.4. The number of urea groups is 1. The standard InChI is InChI=1S/C28H39N5O3.ClH/c1-36-25-10-6-5-9-24(25)21-32-17-19-33(20-18-32)26(34)22-31-15-13-28(14-16-31,30-27(29)35)12-11-23-7-3-2-4-8-23;/h2-10H,11-22H2,1H3,(H3,29,30,35);1H. The Balaban J connectivity index is 0.00000380. The molecule has 3 N–H and O–H groups in total. The zero-order valence-electron chi connectivity index (χ0n) is 21.7. The Morgan fingerprint density at radius 1 is 0.919 bits per heavy atom. The van der Waals surface area contributed by atoms with Crippen molar-refractivity contribution in [1.82, 2.24) is 20.0 Å². The Labute approximate surface area is 226 Å². The second-order valence-corrected chi connectivity index (χ2v) is 10.0. The largest absolute Gasteiger partial charge is 0.496 e. The smallest absolute Gasteiger partial charge is 0.312 e. The molecule has 2 aromatic carbocycles. The number of carbonyl (C=O) groups excluding carboxylic acids is 2. The number of methoxy groups -OCH3 is 1. The van der Waals surface area contributed by atoms with Gasteiger partial charge in [0, 0.05) is 56.9 Å². The van der Waals surface area contributed by atoms with Crippen LogP contribution in [0, 0.1) is 0 Å². The van der Waals surface area contributed by atoms with E-state index >= 15 is 0 Å². The number of nitrogens with two attached hydrogens (primary N) is 1. The highest BCUT2D eigenvalue weighted by atomic mass is 35.5. The average Bonchev–Trinajstić information content (AvgIpc) is 2.90. The monoisotopic (exact) mass is 529 g/mol. The third-order valence-electron chi connectivity index (χ3n) is 7.61. The fourth-order valence-electron chi connectivity index (χ4n) is 5.39. The molecule has 2 aliphatic heterocycles. The van der Waals surface area contributed by atoms with Gasteiger partial charge in [-0.25, -0.2) is 4.79 Å². The maximum absolute atomic E-state index is 13.0. The predicted molar refractivity (Wildman–Crippen MR) is 148 cm³/mol. The molecule has 0 bridgehead atoms. The molecule has 37 heavy (non-hydrogen) atoms. The Hall–Kier alpha value is -2.81. The first-order valence-corrected chi connectivity index (χ1v) is 12.9. The molecule has 4 rings (SSSR count). The van der Waals surface area contributed by atoms with Crippen molar-refractivity contribution in [1.29, 1.82) is 0 Å². The number of ether oxygens (including phenoxy) is 1. The molecule has 2 fully saturated rings. The van der Waals surface area contributed by atoms with Crippen LogP contribution in [0.3, 0.4) is 0 Å². The Morgan fingerprint density at radius 2 is 1.57 bits per heavy atom. The number of primary amides is 1. The normalized spacial score (nSPS) is 18.0. The van der Waals surface area contributed by atoms with Crippen LogP contribution in [-0.2, 0) is 17.8 Å². The molecule has 0 spiro atoms. The van der Waals surface area contributed by atoms with Crippen LogP contribution in [0.25, 0.3) is 0 Å². The average molecular weight is 530 g/mol. The number of nitrogens with one attached hydrogen (secondary N) is 1. The summed E-state index contributed by atoms with van der Waals surface area (Å²) in [5, 5.41) is 3.04. The van der Waals surface area contributed by atoms with Gasteiger partial charge in [0.15, 0.2) is 0 Å². The minimum atomic E-state index is -0.474. The minimum absolute atomic E-state index is 0. The van der Waals surface area contributed by atoms with E-state index in [9.17, 15) is 9.59 Å². The molecule has 0 atom stereocenters. The van der Waals surface area contributed by atoms with Crippen molar-refractivity contribution >= 4 is 24.3 Å². The number of aryl methyl sites for hydroxylation is 1. The number of rotatable bonds is 9. The van der Waals surface area contributed by atoms with Crippen LogP contribution in [0.5, 0.6) is 5.75 Å². The summed E-state index contributed by atoms with van der Waals surface area (Å²) in [6, 6.07) is 17.9. The first kappa shape index (κ1) is 28.8. The fraction of sp³-hybridized carbons (Fsp3) is 0.500. The quantitative estimate of drug-likeness (QED) is 0.521. The second kappa shape index (κ2) is 13.7. The Morgan fingerprint density at radius 3 is 2.22 bits per heavy atom. The molecular weight excluding hydrogens is 490 g/mol. The van der Waals surface area contributed by atoms with Gasteiger partial charge in [0.25, 0.3) is 0 Å². The van der Waals surface area contributed by atoms with E-state index in [1.807, 2.05) is 41.3 Å². The van der Waals surface area contributed by atoms with Gasteiger partial charge in [0.05, 0.1) is 13.7 Å². The van der Waals surface area contributed by atoms with Crippen molar-refractivity contribution in [3.63, 3.8) is 0 Å². The van der Waals surface area contributed by atoms with Crippen molar-refractivity contribution in [3.05, 3.63) is 65.7 Å². The molecule has 2 heterocycles. The summed E-state index contributed by atoms with van der Waals surface area (Å²) in [7, 11) is 1.70. The highest BCUT2D eigenvalue weighted by Crippen LogP contribution is 2.28. The van der Waals surface area contributed by atoms with E-state index in [2.05, 4.69) is 33.3 Å². The van der Waals surface area contributed by atoms with Crippen molar-refractivity contribution in [2.24, 2.45) is 5.73 Å². The number of amides is 3. The number of benzene rings is 2. The third-order valence-corrected chi connectivity index (χ3v) is 7.61. The van der Waals surface area contributed by atoms with Crippen molar-refractivity contribution in [2.75, 3.05) is 52.9 Å². The molecule has 2 saturated heterocycles. The fourth-order valence-corrected chi connectivity index (χ4v) is 5.39. The van der Waals surface area contributed by atoms with Crippen LogP contribution in [0.4, 0.5) is 4.79 Å². The van der Waals surface area contributed by atoms with Gasteiger partial charge >= 0.3 is 6.03 Å². The van der Waals surface area contributed by atoms with Crippen LogP contribution in [-0.4, -0.2) is 85.1 Å². The lowest BCUT2D eigenvalue weighted by atomic mass is 9.82. The summed E-state index contributed by atoms with van der Waals surface area (Å²) in [5.41, 5.74) is 7.65. The van der Waals surface area contributed by atoms with Crippen LogP contribution in [0.1, 0.15) is 30.4 Å². The number of carbonyl (C=O) groups is 2. The van der Waals surface area contributed by atoms with E-state index in [4.69, 9.17) is 10.5 Å². The van der Waals surface area contributed by atoms with E-state index in [-0.39, 0.29) is 23.9 Å². The number of likely N-dealkylation sites (tertiary alicyclic amines) is 1. The van der Waals surface area contributed by atoms with Crippen LogP contribution in [0.15, 0.2) is 54.6 Å². The van der Waals surface area contributed by atoms with Gasteiger partial charge in [-0.1, -0.05) is 48.5 Å². The molecule has 0 unspecified atom stereocenters. The summed E-state index contributed by atoms with van der Waals surface area (Å²) < 4.78 is 5.48. The van der Waals surface area contributed by atoms with Crippen LogP contribution < -0.4 is 15.8 Å². The van der Waals surface area contributed by atoms with Gasteiger partial charge in [0.1, 0.15) is 5.75 Å². The summed E-state index contributed by atoms with van der Waals surface area (Å²) in [4.78, 5) is 31.4. The highest BCUT2D eigenvalue weighted by molar-refractivity contribution is 5.85. The molecular formula is C28H40ClN5O3. The molecule has 2 aliphatic rings. The number of nitrogens with zero attached hydrogens (tertiary/aromatic N) is 3. The lowest BCUT2D eigenvalue weighted by molar-refractivity contribution is -0.134. The number of piperidine rings is 1. The van der Waals surface area contributed by atoms with E-state index in [0.717, 1.165) is 77.2 Å². The maximum atomic E-state index is 13.0. The van der Waals surface area contributed by atoms with Crippen molar-refractivity contribution in [3.8, 4) is 5.75 Å². The maximum Gasteiger partial charge on any atom is 0.312 e. The van der Waals surface area contributed by atoms with Gasteiger partial charge in [-0.15, -0.1) is 12.4 Å². The first-order chi connectivity index (χ1) is 17.5. The number of piperazine rings is 1. The topological polar surface area (TPSA) is 91.1 Å². The van der Waals surface area contributed by atoms with Gasteiger partial charge in [-0.05, 0) is 37.3 Å². The summed E-state index contributed by atoms with van der Waals surface area (Å²) in [6.07, 6.45) is 3.32. The predicted octanol–water partition coefficient (Wildman–Crippen LogP) is 2.90. The van der Waals surface area contributed by atoms with Gasteiger partial charge in [-0.2, -0.15) is 0 Å². The summed E-state index contributed by atoms with van der Waals surface area (Å²) in [6.45, 7) is 6.00. The molecule has 3 amide bonds. The van der Waals surface area contributed by atoms with Gasteiger partial charge < -0.3 is 20.7 Å². The molecule has 0 aromatic heterocycles. The van der Waals surface area contributed by atoms with Crippen molar-refractivity contribution in [2.45, 2.75) is 37.8 Å². The molecule has 8 nitrogen and oxygen atoms in total. The highest BCUT2D eigenvalue weighted by Gasteiger charge is 2.36. The van der Waals surface area contributed by atoms with Crippen LogP contribution in [0.2, 0.25) is 0 Å². The zero-order valence-corrected chi connectivity index (χ0v) is 22.5. The Kier molecular flexibility index (Phi) is 10.6. The van der Waals surface area contributed by atoms with Gasteiger partial charge in [-0.3, -0.25) is 14.6 Å². The molecule has 9 heteroatoms. The lowest BCUT2D eigenvalue weighted by Gasteiger charge is -2.43. The minimum Gasteiger partial charge on any atom is -0.496 e. The molecule has 0 saturated carbocycles. The molecule has 0 aliphatic carbocycles. The summed E-state index contributed by atoms with van der Waals surface area (Å²) in [5.74, 6) is 1.10. The lowest BCUT2D eigenvalue weighted by Crippen LogP contribution is -2.58. The van der Waals surface area contributed by atoms with Crippen molar-refractivity contribution < 1.29 is 14.3 Å². The third kappa shape index (κ3) is 8.09. The summed E-state index contributed by atoms with van der Waals surface area (Å²) >= 11 is 0. The molecule has 202 valence electrons. The number of para-hydroxylation sites is 1. The van der Waals surface area contributed by atoms with Crippen LogP contribution >= 0.6 is 12.4 Å². The van der Waals surface area contributed by atoms with Gasteiger partial charge in [0.2, 0.25) is 5.91 Å². The van der Waals surface area contributed by atoms with E-state index in [1.165, 1.54) is 11.1 Å². The Bertz CT molecular complexity index is 1010. The number of halogens is 1. The van der Waals surface area contributed by atoms with E-state index in [0.29, 0.717) is 6.54 Å². The SMILES string of the molecule is COc1ccccc1CN1CCN(C(=O)CN2CCC(CCc3ccccc3)(NC(N)=O)CC2)CC1.Cl. The van der Waals surface area contributed by atoms with E-state index in [1.54, 1.807) is 7.11 Å².